The molecule has 1 heterocycles. The molecule has 2 N–H and O–H groups in total. The molecule has 10 heteroatoms. The molecule has 0 saturated carbocycles. The van der Waals surface area contributed by atoms with Gasteiger partial charge in [0, 0.05) is 16.4 Å². The van der Waals surface area contributed by atoms with Crippen molar-refractivity contribution in [3.8, 4) is 5.75 Å². The summed E-state index contributed by atoms with van der Waals surface area (Å²) in [6.07, 6.45) is 0.660. The van der Waals surface area contributed by atoms with Crippen molar-refractivity contribution in [1.82, 2.24) is 20.6 Å². The highest BCUT2D eigenvalue weighted by atomic mass is 79.9. The highest BCUT2D eigenvalue weighted by Gasteiger charge is 2.17. The van der Waals surface area contributed by atoms with Crippen molar-refractivity contribution >= 4 is 38.5 Å². The Morgan fingerprint density at radius 1 is 1.17 bits per heavy atom. The number of nitrogens with zero attached hydrogens (tertiary/aromatic N) is 2. The molecule has 0 aliphatic heterocycles. The molecule has 1 aromatic heterocycles. The van der Waals surface area contributed by atoms with Gasteiger partial charge in [-0.15, -0.1) is 0 Å². The van der Waals surface area contributed by atoms with E-state index in [1.165, 1.54) is 16.8 Å². The van der Waals surface area contributed by atoms with Gasteiger partial charge in [0.05, 0.1) is 5.39 Å². The highest BCUT2D eigenvalue weighted by Crippen LogP contribution is 2.21. The summed E-state index contributed by atoms with van der Waals surface area (Å²) in [6, 6.07) is 10.7. The molecule has 0 unspecified atom stereocenters. The third kappa shape index (κ3) is 4.82. The van der Waals surface area contributed by atoms with E-state index in [0.29, 0.717) is 28.2 Å². The van der Waals surface area contributed by atoms with Gasteiger partial charge in [-0.1, -0.05) is 41.1 Å². The number of fused-ring (bicyclic) bond motifs is 1. The van der Waals surface area contributed by atoms with E-state index in [9.17, 15) is 18.8 Å². The maximum Gasteiger partial charge on any atom is 0.290 e. The SMILES string of the molecule is CCCn1nc(C(=O)NNC(=O)COc2ccc(Br)cc2F)c2ccccc2c1=O. The fraction of sp³-hybridized carbons (Fsp3) is 0.200. The molecule has 2 amide bonds. The van der Waals surface area contributed by atoms with Crippen LogP contribution in [0.1, 0.15) is 23.8 Å². The Hall–Kier alpha value is -3.27. The molecule has 0 fully saturated rings. The quantitative estimate of drug-likeness (QED) is 0.532. The van der Waals surface area contributed by atoms with E-state index in [2.05, 4.69) is 31.9 Å². The molecule has 30 heavy (non-hydrogen) atoms. The van der Waals surface area contributed by atoms with Crippen molar-refractivity contribution in [3.63, 3.8) is 0 Å². The first-order valence-corrected chi connectivity index (χ1v) is 9.87. The van der Waals surface area contributed by atoms with E-state index in [1.54, 1.807) is 30.3 Å². The average Bonchev–Trinajstić information content (AvgIpc) is 2.73. The Balaban J connectivity index is 1.70. The van der Waals surface area contributed by atoms with Crippen molar-refractivity contribution in [3.05, 3.63) is 68.8 Å². The minimum Gasteiger partial charge on any atom is -0.481 e. The van der Waals surface area contributed by atoms with Gasteiger partial charge < -0.3 is 4.74 Å². The monoisotopic (exact) mass is 476 g/mol. The van der Waals surface area contributed by atoms with Crippen molar-refractivity contribution < 1.29 is 18.7 Å². The maximum atomic E-state index is 13.7. The Kier molecular flexibility index (Phi) is 6.78. The first-order chi connectivity index (χ1) is 14.4. The van der Waals surface area contributed by atoms with E-state index in [1.807, 2.05) is 6.92 Å². The second kappa shape index (κ2) is 9.49. The number of amides is 2. The number of hydrazine groups is 1. The van der Waals surface area contributed by atoms with Gasteiger partial charge in [-0.2, -0.15) is 5.10 Å². The molecule has 3 rings (SSSR count). The zero-order chi connectivity index (χ0) is 21.7. The minimum atomic E-state index is -0.697. The summed E-state index contributed by atoms with van der Waals surface area (Å²) >= 11 is 3.13. The molecule has 0 spiro atoms. The number of nitrogens with one attached hydrogen (secondary N) is 2. The largest absolute Gasteiger partial charge is 0.481 e. The fourth-order valence-electron chi connectivity index (χ4n) is 2.72. The van der Waals surface area contributed by atoms with Crippen molar-refractivity contribution in [2.24, 2.45) is 0 Å². The van der Waals surface area contributed by atoms with Crippen LogP contribution in [0.4, 0.5) is 4.39 Å². The molecule has 3 aromatic rings. The van der Waals surface area contributed by atoms with Crippen LogP contribution < -0.4 is 21.1 Å². The Morgan fingerprint density at radius 2 is 1.90 bits per heavy atom. The zero-order valence-electron chi connectivity index (χ0n) is 15.9. The molecule has 0 aliphatic carbocycles. The standard InChI is InChI=1S/C20H18BrFN4O4/c1-2-9-26-20(29)14-6-4-3-5-13(14)18(25-26)19(28)24-23-17(27)11-30-16-8-7-12(21)10-15(16)22/h3-8,10H,2,9,11H2,1H3,(H,23,27)(H,24,28). The smallest absolute Gasteiger partial charge is 0.290 e. The minimum absolute atomic E-state index is 0.00109. The van der Waals surface area contributed by atoms with Crippen LogP contribution in [0.5, 0.6) is 5.75 Å². The third-order valence-electron chi connectivity index (χ3n) is 4.09. The van der Waals surface area contributed by atoms with Crippen molar-refractivity contribution in [2.75, 3.05) is 6.61 Å². The maximum absolute atomic E-state index is 13.7. The number of ether oxygens (including phenoxy) is 1. The lowest BCUT2D eigenvalue weighted by Gasteiger charge is -2.12. The number of aryl methyl sites for hydroxylation is 1. The summed E-state index contributed by atoms with van der Waals surface area (Å²) in [4.78, 5) is 37.0. The Morgan fingerprint density at radius 3 is 2.60 bits per heavy atom. The van der Waals surface area contributed by atoms with Gasteiger partial charge in [0.2, 0.25) is 0 Å². The fourth-order valence-corrected chi connectivity index (χ4v) is 3.06. The molecule has 0 saturated heterocycles. The number of hydrogen-bond donors (Lipinski definition) is 2. The number of hydrogen-bond acceptors (Lipinski definition) is 5. The lowest BCUT2D eigenvalue weighted by molar-refractivity contribution is -0.123. The molecular formula is C20H18BrFN4O4. The van der Waals surface area contributed by atoms with E-state index < -0.39 is 24.2 Å². The molecular weight excluding hydrogens is 459 g/mol. The lowest BCUT2D eigenvalue weighted by atomic mass is 10.1. The molecule has 156 valence electrons. The number of carbonyl (C=O) groups excluding carboxylic acids is 2. The summed E-state index contributed by atoms with van der Waals surface area (Å²) in [5.74, 6) is -2.12. The molecule has 0 radical (unpaired) electrons. The summed E-state index contributed by atoms with van der Waals surface area (Å²) in [5.41, 5.74) is 4.14. The van der Waals surface area contributed by atoms with Crippen LogP contribution in [-0.4, -0.2) is 28.2 Å². The first-order valence-electron chi connectivity index (χ1n) is 9.07. The van der Waals surface area contributed by atoms with Gasteiger partial charge in [0.15, 0.2) is 23.9 Å². The molecule has 0 atom stereocenters. The van der Waals surface area contributed by atoms with Crippen LogP contribution in [0, 0.1) is 5.82 Å². The van der Waals surface area contributed by atoms with Crippen LogP contribution in [0.25, 0.3) is 10.8 Å². The number of benzene rings is 2. The third-order valence-corrected chi connectivity index (χ3v) is 4.58. The summed E-state index contributed by atoms with van der Waals surface area (Å²) in [7, 11) is 0. The summed E-state index contributed by atoms with van der Waals surface area (Å²) in [5, 5.41) is 4.86. The number of rotatable bonds is 6. The first kappa shape index (κ1) is 21.4. The second-order valence-corrected chi connectivity index (χ2v) is 7.20. The average molecular weight is 477 g/mol. The van der Waals surface area contributed by atoms with Crippen LogP contribution in [0.3, 0.4) is 0 Å². The molecule has 2 aromatic carbocycles. The Bertz CT molecular complexity index is 1170. The van der Waals surface area contributed by atoms with Crippen molar-refractivity contribution in [1.29, 1.82) is 0 Å². The zero-order valence-corrected chi connectivity index (χ0v) is 17.5. The topological polar surface area (TPSA) is 102 Å². The predicted molar refractivity (Wildman–Crippen MR) is 111 cm³/mol. The van der Waals surface area contributed by atoms with Crippen LogP contribution >= 0.6 is 15.9 Å². The number of carbonyl (C=O) groups is 2. The van der Waals surface area contributed by atoms with Gasteiger partial charge in [0.1, 0.15) is 0 Å². The van der Waals surface area contributed by atoms with Gasteiger partial charge >= 0.3 is 0 Å². The second-order valence-electron chi connectivity index (χ2n) is 6.29. The highest BCUT2D eigenvalue weighted by molar-refractivity contribution is 9.10. The van der Waals surface area contributed by atoms with Crippen LogP contribution in [0.15, 0.2) is 51.7 Å². The van der Waals surface area contributed by atoms with E-state index in [0.717, 1.165) is 0 Å². The number of aromatic nitrogens is 2. The summed E-state index contributed by atoms with van der Waals surface area (Å²) < 4.78 is 20.6. The van der Waals surface area contributed by atoms with E-state index in [4.69, 9.17) is 4.74 Å². The van der Waals surface area contributed by atoms with Crippen molar-refractivity contribution in [2.45, 2.75) is 19.9 Å². The molecule has 0 aliphatic rings. The van der Waals surface area contributed by atoms with Gasteiger partial charge in [0.25, 0.3) is 17.4 Å². The van der Waals surface area contributed by atoms with Crippen LogP contribution in [-0.2, 0) is 11.3 Å². The van der Waals surface area contributed by atoms with E-state index >= 15 is 0 Å². The lowest BCUT2D eigenvalue weighted by Crippen LogP contribution is -2.44. The molecule has 0 bridgehead atoms. The normalized spacial score (nSPS) is 10.6. The molecule has 8 nitrogen and oxygen atoms in total. The predicted octanol–water partition coefficient (Wildman–Crippen LogP) is 2.55. The van der Waals surface area contributed by atoms with Gasteiger partial charge in [-0.05, 0) is 30.7 Å². The van der Waals surface area contributed by atoms with Gasteiger partial charge in [-0.3, -0.25) is 25.2 Å². The summed E-state index contributed by atoms with van der Waals surface area (Å²) in [6.45, 7) is 1.72. The van der Waals surface area contributed by atoms with E-state index in [-0.39, 0.29) is 17.0 Å². The Labute approximate surface area is 179 Å². The van der Waals surface area contributed by atoms with Crippen LogP contribution in [0.2, 0.25) is 0 Å². The van der Waals surface area contributed by atoms with Gasteiger partial charge in [-0.25, -0.2) is 9.07 Å². The number of halogens is 2.